The zero-order valence-electron chi connectivity index (χ0n) is 17.8. The third-order valence-corrected chi connectivity index (χ3v) is 5.90. The summed E-state index contributed by atoms with van der Waals surface area (Å²) < 4.78 is 28.2. The third kappa shape index (κ3) is 5.95. The normalized spacial score (nSPS) is 15.5. The Morgan fingerprint density at radius 2 is 1.74 bits per heavy atom. The number of hydrogen-bond donors (Lipinski definition) is 3. The Morgan fingerprint density at radius 1 is 1.06 bits per heavy atom. The molecule has 1 atom stereocenters. The smallest absolute Gasteiger partial charge is 0.321 e. The van der Waals surface area contributed by atoms with Crippen LogP contribution < -0.4 is 16.0 Å². The molecule has 9 nitrogen and oxygen atoms in total. The number of nitrogens with one attached hydrogen (secondary N) is 3. The summed E-state index contributed by atoms with van der Waals surface area (Å²) in [5, 5.41) is 16.3. The summed E-state index contributed by atoms with van der Waals surface area (Å²) in [7, 11) is 0. The Bertz CT molecular complexity index is 1180. The molecule has 3 aromatic rings. The molecule has 0 bridgehead atoms. The molecular weight excluding hydrogens is 466 g/mol. The lowest BCUT2D eigenvalue weighted by Crippen LogP contribution is -2.53. The van der Waals surface area contributed by atoms with Crippen LogP contribution in [0.25, 0.3) is 5.69 Å². The van der Waals surface area contributed by atoms with Crippen molar-refractivity contribution in [2.75, 3.05) is 5.75 Å². The van der Waals surface area contributed by atoms with Crippen molar-refractivity contribution in [3.05, 3.63) is 71.6 Å². The molecule has 3 N–H and O–H groups in total. The van der Waals surface area contributed by atoms with Gasteiger partial charge in [0.2, 0.25) is 11.8 Å². The van der Waals surface area contributed by atoms with Crippen LogP contribution >= 0.6 is 11.8 Å². The minimum Gasteiger partial charge on any atom is -0.351 e. The van der Waals surface area contributed by atoms with Gasteiger partial charge in [0.25, 0.3) is 0 Å². The van der Waals surface area contributed by atoms with Crippen LogP contribution in [0.4, 0.5) is 13.6 Å². The molecular formula is C22H20F2N6O3S. The highest BCUT2D eigenvalue weighted by Crippen LogP contribution is 2.23. The summed E-state index contributed by atoms with van der Waals surface area (Å²) in [5.41, 5.74) is 1.33. The molecule has 34 heavy (non-hydrogen) atoms. The number of aromatic nitrogens is 3. The van der Waals surface area contributed by atoms with Gasteiger partial charge in [0.05, 0.1) is 5.75 Å². The van der Waals surface area contributed by atoms with E-state index < -0.39 is 23.8 Å². The van der Waals surface area contributed by atoms with E-state index in [0.717, 1.165) is 17.3 Å². The molecule has 2 heterocycles. The van der Waals surface area contributed by atoms with Crippen LogP contribution in [-0.4, -0.2) is 44.4 Å². The topological polar surface area (TPSA) is 118 Å². The van der Waals surface area contributed by atoms with E-state index in [2.05, 4.69) is 26.1 Å². The second-order valence-electron chi connectivity index (χ2n) is 7.53. The average Bonchev–Trinajstić information content (AvgIpc) is 3.19. The number of carbonyl (C=O) groups is 3. The molecule has 0 saturated carbocycles. The Kier molecular flexibility index (Phi) is 7.16. The summed E-state index contributed by atoms with van der Waals surface area (Å²) in [5.74, 6) is -0.946. The molecule has 1 unspecified atom stereocenters. The highest BCUT2D eigenvalue weighted by molar-refractivity contribution is 7.99. The first kappa shape index (κ1) is 23.4. The lowest BCUT2D eigenvalue weighted by atomic mass is 10.1. The van der Waals surface area contributed by atoms with E-state index in [4.69, 9.17) is 0 Å². The second-order valence-corrected chi connectivity index (χ2v) is 8.47. The summed E-state index contributed by atoms with van der Waals surface area (Å²) in [4.78, 5) is 35.7. The second kappa shape index (κ2) is 10.4. The molecule has 1 fully saturated rings. The van der Waals surface area contributed by atoms with Gasteiger partial charge in [-0.25, -0.2) is 13.6 Å². The van der Waals surface area contributed by atoms with E-state index in [1.807, 2.05) is 0 Å². The van der Waals surface area contributed by atoms with Crippen LogP contribution in [0.1, 0.15) is 17.8 Å². The number of rotatable bonds is 8. The molecule has 4 amide bonds. The first-order valence-corrected chi connectivity index (χ1v) is 11.3. The highest BCUT2D eigenvalue weighted by Gasteiger charge is 2.27. The number of amides is 4. The van der Waals surface area contributed by atoms with E-state index >= 15 is 0 Å². The Hall–Kier alpha value is -3.80. The van der Waals surface area contributed by atoms with Gasteiger partial charge >= 0.3 is 6.03 Å². The zero-order chi connectivity index (χ0) is 24.1. The quantitative estimate of drug-likeness (QED) is 0.420. The summed E-state index contributed by atoms with van der Waals surface area (Å²) in [6.07, 6.45) is 0.289. The maximum atomic E-state index is 13.5. The summed E-state index contributed by atoms with van der Waals surface area (Å²) >= 11 is 1.13. The van der Waals surface area contributed by atoms with Crippen molar-refractivity contribution >= 4 is 29.6 Å². The molecule has 1 saturated heterocycles. The van der Waals surface area contributed by atoms with E-state index in [-0.39, 0.29) is 36.9 Å². The largest absolute Gasteiger partial charge is 0.351 e. The standard InChI is InChI=1S/C22H20F2N6O3S/c23-14-3-1-13(2-4-14)11-25-20(32)12-34-22-29-28-18(9-16-10-19(31)27-21(33)26-16)30(22)17-7-5-15(24)6-8-17/h1-8,16H,9-12H2,(H,25,32)(H2,26,27,31,33). The van der Waals surface area contributed by atoms with Crippen LogP contribution in [0.2, 0.25) is 0 Å². The van der Waals surface area contributed by atoms with Crippen molar-refractivity contribution in [1.82, 2.24) is 30.7 Å². The fourth-order valence-corrected chi connectivity index (χ4v) is 4.18. The number of hydrogen-bond acceptors (Lipinski definition) is 6. The predicted octanol–water partition coefficient (Wildman–Crippen LogP) is 2.09. The third-order valence-electron chi connectivity index (χ3n) is 4.97. The van der Waals surface area contributed by atoms with Crippen LogP contribution in [0.3, 0.4) is 0 Å². The average molecular weight is 487 g/mol. The molecule has 4 rings (SSSR count). The number of nitrogens with zero attached hydrogens (tertiary/aromatic N) is 3. The maximum absolute atomic E-state index is 13.5. The molecule has 176 valence electrons. The lowest BCUT2D eigenvalue weighted by molar-refractivity contribution is -0.121. The lowest BCUT2D eigenvalue weighted by Gasteiger charge is -2.23. The van der Waals surface area contributed by atoms with E-state index in [9.17, 15) is 23.2 Å². The van der Waals surface area contributed by atoms with Gasteiger partial charge in [0, 0.05) is 31.1 Å². The van der Waals surface area contributed by atoms with Crippen molar-refractivity contribution in [1.29, 1.82) is 0 Å². The SMILES string of the molecule is O=C(CSc1nnc(CC2CC(=O)NC(=O)N2)n1-c1ccc(F)cc1)NCc1ccc(F)cc1. The van der Waals surface area contributed by atoms with Crippen molar-refractivity contribution in [3.63, 3.8) is 0 Å². The fraction of sp³-hybridized carbons (Fsp3) is 0.227. The number of benzene rings is 2. The minimum atomic E-state index is -0.582. The van der Waals surface area contributed by atoms with Crippen molar-refractivity contribution < 1.29 is 23.2 Å². The summed E-state index contributed by atoms with van der Waals surface area (Å²) in [6, 6.07) is 10.4. The minimum absolute atomic E-state index is 0.0308. The first-order valence-electron chi connectivity index (χ1n) is 10.3. The first-order chi connectivity index (χ1) is 16.4. The van der Waals surface area contributed by atoms with E-state index in [1.54, 1.807) is 28.8 Å². The van der Waals surface area contributed by atoms with Gasteiger partial charge in [-0.15, -0.1) is 10.2 Å². The Morgan fingerprint density at radius 3 is 2.41 bits per heavy atom. The molecule has 1 aromatic heterocycles. The van der Waals surface area contributed by atoms with Gasteiger partial charge in [0.1, 0.15) is 17.5 Å². The number of urea groups is 1. The molecule has 0 spiro atoms. The molecule has 1 aliphatic heterocycles. The number of carbonyl (C=O) groups excluding carboxylic acids is 3. The van der Waals surface area contributed by atoms with Crippen LogP contribution in [-0.2, 0) is 22.6 Å². The van der Waals surface area contributed by atoms with Gasteiger partial charge in [-0.3, -0.25) is 19.5 Å². The van der Waals surface area contributed by atoms with Crippen molar-refractivity contribution in [2.45, 2.75) is 30.6 Å². The van der Waals surface area contributed by atoms with Gasteiger partial charge in [-0.1, -0.05) is 23.9 Å². The fourth-order valence-electron chi connectivity index (χ4n) is 3.38. The molecule has 0 aliphatic carbocycles. The number of halogens is 2. The van der Waals surface area contributed by atoms with E-state index in [1.165, 1.54) is 24.3 Å². The van der Waals surface area contributed by atoms with Crippen LogP contribution in [0.5, 0.6) is 0 Å². The van der Waals surface area contributed by atoms with Crippen molar-refractivity contribution in [2.24, 2.45) is 0 Å². The Balaban J connectivity index is 1.47. The van der Waals surface area contributed by atoms with Gasteiger partial charge in [-0.05, 0) is 42.0 Å². The van der Waals surface area contributed by atoms with Gasteiger partial charge < -0.3 is 10.6 Å². The zero-order valence-corrected chi connectivity index (χ0v) is 18.6. The monoisotopic (exact) mass is 486 g/mol. The van der Waals surface area contributed by atoms with Gasteiger partial charge in [0.15, 0.2) is 5.16 Å². The Labute approximate surface area is 197 Å². The molecule has 1 aliphatic rings. The van der Waals surface area contributed by atoms with Crippen molar-refractivity contribution in [3.8, 4) is 5.69 Å². The highest BCUT2D eigenvalue weighted by atomic mass is 32.2. The predicted molar refractivity (Wildman–Crippen MR) is 119 cm³/mol. The van der Waals surface area contributed by atoms with Gasteiger partial charge in [-0.2, -0.15) is 0 Å². The molecule has 12 heteroatoms. The van der Waals surface area contributed by atoms with Crippen LogP contribution in [0, 0.1) is 11.6 Å². The van der Waals surface area contributed by atoms with Crippen LogP contribution in [0.15, 0.2) is 53.7 Å². The maximum Gasteiger partial charge on any atom is 0.321 e. The summed E-state index contributed by atoms with van der Waals surface area (Å²) in [6.45, 7) is 0.249. The van der Waals surface area contributed by atoms with E-state index in [0.29, 0.717) is 16.7 Å². The number of thioether (sulfide) groups is 1. The molecule has 2 aromatic carbocycles. The number of imide groups is 1. The molecule has 0 radical (unpaired) electrons.